The summed E-state index contributed by atoms with van der Waals surface area (Å²) in [6, 6.07) is 0. The van der Waals surface area contributed by atoms with Gasteiger partial charge in [0.05, 0.1) is 6.54 Å². The number of carboxylic acids is 1. The van der Waals surface area contributed by atoms with Crippen LogP contribution in [-0.2, 0) is 9.53 Å². The Kier molecular flexibility index (Phi) is 1.89. The fraction of sp³-hybridized carbons (Fsp3) is 0.667. The molecule has 1 aliphatic rings. The number of carboxylic acid groups (broad SMARTS) is 1. The third-order valence-corrected chi connectivity index (χ3v) is 1.35. The summed E-state index contributed by atoms with van der Waals surface area (Å²) in [5, 5.41) is 8.48. The lowest BCUT2D eigenvalue weighted by atomic mass is 10.2. The summed E-state index contributed by atoms with van der Waals surface area (Å²) in [6.07, 6.45) is 0. The van der Waals surface area contributed by atoms with Gasteiger partial charge >= 0.3 is 5.97 Å². The number of aliphatic imine (C=N–C) groups is 1. The second-order valence-corrected chi connectivity index (χ2v) is 2.13. The van der Waals surface area contributed by atoms with Crippen molar-refractivity contribution < 1.29 is 14.6 Å². The largest absolute Gasteiger partial charge is 0.481 e. The van der Waals surface area contributed by atoms with E-state index in [9.17, 15) is 4.79 Å². The van der Waals surface area contributed by atoms with Gasteiger partial charge in [-0.3, -0.25) is 9.79 Å². The third-order valence-electron chi connectivity index (χ3n) is 1.35. The minimum atomic E-state index is -0.888. The van der Waals surface area contributed by atoms with Gasteiger partial charge in [0.25, 0.3) is 0 Å². The van der Waals surface area contributed by atoms with Gasteiger partial charge in [0, 0.05) is 0 Å². The van der Waals surface area contributed by atoms with Crippen molar-refractivity contribution in [2.45, 2.75) is 6.92 Å². The molecule has 56 valence electrons. The Morgan fingerprint density at radius 2 is 2.60 bits per heavy atom. The molecular formula is C6H9NO3. The van der Waals surface area contributed by atoms with Crippen LogP contribution in [-0.4, -0.2) is 30.1 Å². The van der Waals surface area contributed by atoms with Crippen LogP contribution >= 0.6 is 0 Å². The number of carbonyl (C=O) groups is 1. The van der Waals surface area contributed by atoms with Crippen molar-refractivity contribution in [3.8, 4) is 0 Å². The summed E-state index contributed by atoms with van der Waals surface area (Å²) in [6.45, 7) is 2.67. The van der Waals surface area contributed by atoms with Crippen LogP contribution in [0.15, 0.2) is 4.99 Å². The first-order chi connectivity index (χ1) is 4.72. The molecule has 4 heteroatoms. The number of hydrogen-bond donors (Lipinski definition) is 1. The Morgan fingerprint density at radius 3 is 3.00 bits per heavy atom. The van der Waals surface area contributed by atoms with Crippen molar-refractivity contribution >= 4 is 11.9 Å². The van der Waals surface area contributed by atoms with E-state index in [1.165, 1.54) is 0 Å². The molecule has 0 saturated heterocycles. The van der Waals surface area contributed by atoms with Gasteiger partial charge in [-0.2, -0.15) is 0 Å². The predicted octanol–water partition coefficient (Wildman–Crippen LogP) is 0.136. The van der Waals surface area contributed by atoms with Crippen LogP contribution in [0.5, 0.6) is 0 Å². The normalized spacial score (nSPS) is 19.5. The van der Waals surface area contributed by atoms with E-state index in [1.807, 2.05) is 0 Å². The summed E-state index contributed by atoms with van der Waals surface area (Å²) in [5.41, 5.74) is 0. The maximum atomic E-state index is 10.3. The van der Waals surface area contributed by atoms with Gasteiger partial charge in [0.15, 0.2) is 5.90 Å². The van der Waals surface area contributed by atoms with Crippen molar-refractivity contribution in [1.82, 2.24) is 0 Å². The van der Waals surface area contributed by atoms with Crippen LogP contribution in [0.2, 0.25) is 0 Å². The van der Waals surface area contributed by atoms with Crippen LogP contribution in [0.25, 0.3) is 0 Å². The molecule has 0 aliphatic carbocycles. The molecule has 0 aromatic rings. The molecule has 0 radical (unpaired) electrons. The Labute approximate surface area is 58.5 Å². The molecule has 1 atom stereocenters. The fourth-order valence-electron chi connectivity index (χ4n) is 0.719. The minimum Gasteiger partial charge on any atom is -0.481 e. The average molecular weight is 143 g/mol. The van der Waals surface area contributed by atoms with Crippen molar-refractivity contribution in [1.29, 1.82) is 0 Å². The Bertz CT molecular complexity index is 176. The highest BCUT2D eigenvalue weighted by molar-refractivity contribution is 5.97. The number of aliphatic carboxylic acids is 1. The van der Waals surface area contributed by atoms with E-state index < -0.39 is 11.9 Å². The van der Waals surface area contributed by atoms with Gasteiger partial charge < -0.3 is 9.84 Å². The Morgan fingerprint density at radius 1 is 1.90 bits per heavy atom. The lowest BCUT2D eigenvalue weighted by Gasteiger charge is -2.04. The molecule has 1 unspecified atom stereocenters. The maximum absolute atomic E-state index is 10.3. The third kappa shape index (κ3) is 1.26. The topological polar surface area (TPSA) is 58.9 Å². The zero-order valence-electron chi connectivity index (χ0n) is 5.70. The fourth-order valence-corrected chi connectivity index (χ4v) is 0.719. The summed E-state index contributed by atoms with van der Waals surface area (Å²) in [5.74, 6) is -1.13. The van der Waals surface area contributed by atoms with Crippen LogP contribution in [0.4, 0.5) is 0 Å². The molecule has 1 aliphatic heterocycles. The van der Waals surface area contributed by atoms with Gasteiger partial charge in [-0.15, -0.1) is 0 Å². The molecule has 10 heavy (non-hydrogen) atoms. The number of rotatable bonds is 2. The van der Waals surface area contributed by atoms with Gasteiger partial charge in [-0.1, -0.05) is 0 Å². The number of ether oxygens (including phenoxy) is 1. The highest BCUT2D eigenvalue weighted by Gasteiger charge is 2.21. The van der Waals surface area contributed by atoms with Crippen molar-refractivity contribution in [3.63, 3.8) is 0 Å². The molecule has 0 fully saturated rings. The van der Waals surface area contributed by atoms with E-state index in [4.69, 9.17) is 9.84 Å². The molecule has 0 saturated carbocycles. The molecule has 0 amide bonds. The zero-order chi connectivity index (χ0) is 7.56. The van der Waals surface area contributed by atoms with Gasteiger partial charge in [-0.05, 0) is 6.92 Å². The second-order valence-electron chi connectivity index (χ2n) is 2.13. The molecule has 4 nitrogen and oxygen atoms in total. The standard InChI is InChI=1S/C6H9NO3/c1-4(6(8)9)5-7-2-3-10-5/h4H,2-3H2,1H3,(H,8,9). The highest BCUT2D eigenvalue weighted by Crippen LogP contribution is 2.05. The van der Waals surface area contributed by atoms with E-state index in [-0.39, 0.29) is 0 Å². The van der Waals surface area contributed by atoms with E-state index in [1.54, 1.807) is 6.92 Å². The average Bonchev–Trinajstić information content (AvgIpc) is 2.36. The van der Waals surface area contributed by atoms with Gasteiger partial charge in [-0.25, -0.2) is 0 Å². The molecular weight excluding hydrogens is 134 g/mol. The molecule has 0 spiro atoms. The van der Waals surface area contributed by atoms with Crippen molar-refractivity contribution in [2.75, 3.05) is 13.2 Å². The lowest BCUT2D eigenvalue weighted by molar-refractivity contribution is -0.139. The Hall–Kier alpha value is -1.06. The molecule has 0 aromatic carbocycles. The molecule has 1 N–H and O–H groups in total. The van der Waals surface area contributed by atoms with Crippen LogP contribution < -0.4 is 0 Å². The van der Waals surface area contributed by atoms with E-state index in [2.05, 4.69) is 4.99 Å². The smallest absolute Gasteiger partial charge is 0.315 e. The van der Waals surface area contributed by atoms with Gasteiger partial charge in [0.2, 0.25) is 0 Å². The molecule has 0 aromatic heterocycles. The highest BCUT2D eigenvalue weighted by atomic mass is 16.5. The number of hydrogen-bond acceptors (Lipinski definition) is 3. The Balaban J connectivity index is 2.55. The summed E-state index contributed by atoms with van der Waals surface area (Å²) < 4.78 is 4.95. The minimum absolute atomic E-state index is 0.354. The van der Waals surface area contributed by atoms with Crippen molar-refractivity contribution in [2.24, 2.45) is 10.9 Å². The monoisotopic (exact) mass is 143 g/mol. The lowest BCUT2D eigenvalue weighted by Crippen LogP contribution is -2.20. The molecule has 1 heterocycles. The summed E-state index contributed by atoms with van der Waals surface area (Å²) in [7, 11) is 0. The van der Waals surface area contributed by atoms with Crippen LogP contribution in [0.3, 0.4) is 0 Å². The van der Waals surface area contributed by atoms with Crippen LogP contribution in [0.1, 0.15) is 6.92 Å². The predicted molar refractivity (Wildman–Crippen MR) is 35.1 cm³/mol. The van der Waals surface area contributed by atoms with E-state index >= 15 is 0 Å². The summed E-state index contributed by atoms with van der Waals surface area (Å²) >= 11 is 0. The summed E-state index contributed by atoms with van der Waals surface area (Å²) in [4.78, 5) is 14.2. The first kappa shape index (κ1) is 7.05. The first-order valence-corrected chi connectivity index (χ1v) is 3.12. The second kappa shape index (κ2) is 2.68. The molecule has 0 bridgehead atoms. The van der Waals surface area contributed by atoms with Crippen LogP contribution in [0, 0.1) is 5.92 Å². The zero-order valence-corrected chi connectivity index (χ0v) is 5.70. The number of nitrogens with zero attached hydrogens (tertiary/aromatic N) is 1. The van der Waals surface area contributed by atoms with Gasteiger partial charge in [0.1, 0.15) is 12.5 Å². The quantitative estimate of drug-likeness (QED) is 0.598. The maximum Gasteiger partial charge on any atom is 0.315 e. The van der Waals surface area contributed by atoms with E-state index in [0.717, 1.165) is 0 Å². The SMILES string of the molecule is CC(C(=O)O)C1=NCCO1. The van der Waals surface area contributed by atoms with Crippen molar-refractivity contribution in [3.05, 3.63) is 0 Å². The van der Waals surface area contributed by atoms with E-state index in [0.29, 0.717) is 19.0 Å². The molecule has 1 rings (SSSR count). The first-order valence-electron chi connectivity index (χ1n) is 3.12.